The molecule has 0 amide bonds. The van der Waals surface area contributed by atoms with Crippen molar-refractivity contribution in [2.45, 2.75) is 19.1 Å². The fourth-order valence-corrected chi connectivity index (χ4v) is 1.33. The molecule has 0 saturated carbocycles. The lowest BCUT2D eigenvalue weighted by molar-refractivity contribution is 0.164. The van der Waals surface area contributed by atoms with Crippen molar-refractivity contribution < 1.29 is 13.9 Å². The van der Waals surface area contributed by atoms with Crippen LogP contribution in [0, 0.1) is 11.6 Å². The van der Waals surface area contributed by atoms with E-state index in [9.17, 15) is 8.78 Å². The van der Waals surface area contributed by atoms with Crippen LogP contribution in [-0.2, 0) is 0 Å². The third-order valence-corrected chi connectivity index (χ3v) is 2.25. The van der Waals surface area contributed by atoms with E-state index in [1.807, 2.05) is 0 Å². The van der Waals surface area contributed by atoms with E-state index in [-0.39, 0.29) is 10.6 Å². The van der Waals surface area contributed by atoms with Gasteiger partial charge in [0.15, 0.2) is 11.6 Å². The van der Waals surface area contributed by atoms with Crippen molar-refractivity contribution in [1.82, 2.24) is 0 Å². The molecule has 1 aromatic rings. The third-order valence-electron chi connectivity index (χ3n) is 1.92. The second kappa shape index (κ2) is 4.21. The minimum atomic E-state index is -1.03. The average molecular weight is 222 g/mol. The molecule has 3 N–H and O–H groups in total. The first-order chi connectivity index (χ1) is 6.43. The van der Waals surface area contributed by atoms with Crippen LogP contribution < -0.4 is 5.73 Å². The SMILES string of the molecule is C[C@H](O)[C@@H](N)c1cc(F)c(F)cc1Cl. The number of aliphatic hydroxyl groups excluding tert-OH is 1. The largest absolute Gasteiger partial charge is 0.391 e. The summed E-state index contributed by atoms with van der Waals surface area (Å²) in [6.07, 6.45) is -0.877. The number of aliphatic hydroxyl groups is 1. The van der Waals surface area contributed by atoms with Gasteiger partial charge in [0.1, 0.15) is 0 Å². The first-order valence-corrected chi connectivity index (χ1v) is 4.39. The Bertz CT molecular complexity index is 344. The molecular formula is C9H10ClF2NO. The summed E-state index contributed by atoms with van der Waals surface area (Å²) in [7, 11) is 0. The van der Waals surface area contributed by atoms with Gasteiger partial charge in [0.05, 0.1) is 12.1 Å². The van der Waals surface area contributed by atoms with Gasteiger partial charge in [0.25, 0.3) is 0 Å². The van der Waals surface area contributed by atoms with Gasteiger partial charge in [0.2, 0.25) is 0 Å². The highest BCUT2D eigenvalue weighted by Crippen LogP contribution is 2.26. The van der Waals surface area contributed by atoms with Crippen molar-refractivity contribution in [2.24, 2.45) is 5.73 Å². The fraction of sp³-hybridized carbons (Fsp3) is 0.333. The van der Waals surface area contributed by atoms with Gasteiger partial charge in [-0.2, -0.15) is 0 Å². The van der Waals surface area contributed by atoms with E-state index in [0.29, 0.717) is 0 Å². The molecule has 0 radical (unpaired) electrons. The first kappa shape index (κ1) is 11.4. The Hall–Kier alpha value is -0.710. The van der Waals surface area contributed by atoms with Gasteiger partial charge in [-0.3, -0.25) is 0 Å². The minimum absolute atomic E-state index is 0.0114. The predicted octanol–water partition coefficient (Wildman–Crippen LogP) is 2.00. The Balaban J connectivity index is 3.15. The Labute approximate surface area is 85.3 Å². The quantitative estimate of drug-likeness (QED) is 0.751. The summed E-state index contributed by atoms with van der Waals surface area (Å²) in [5.74, 6) is -2.06. The van der Waals surface area contributed by atoms with Crippen LogP contribution in [0.3, 0.4) is 0 Å². The Morgan fingerprint density at radius 2 is 1.86 bits per heavy atom. The molecule has 1 rings (SSSR count). The molecule has 0 aliphatic heterocycles. The molecular weight excluding hydrogens is 212 g/mol. The highest BCUT2D eigenvalue weighted by atomic mass is 35.5. The molecule has 5 heteroatoms. The van der Waals surface area contributed by atoms with E-state index in [4.69, 9.17) is 22.4 Å². The molecule has 14 heavy (non-hydrogen) atoms. The van der Waals surface area contributed by atoms with E-state index in [1.54, 1.807) is 0 Å². The Kier molecular flexibility index (Phi) is 3.42. The maximum Gasteiger partial charge on any atom is 0.160 e. The van der Waals surface area contributed by atoms with Crippen LogP contribution in [-0.4, -0.2) is 11.2 Å². The molecule has 2 atom stereocenters. The molecule has 0 saturated heterocycles. The number of hydrogen-bond acceptors (Lipinski definition) is 2. The maximum absolute atomic E-state index is 12.8. The molecule has 0 aliphatic rings. The zero-order valence-corrected chi connectivity index (χ0v) is 8.22. The van der Waals surface area contributed by atoms with Crippen molar-refractivity contribution in [2.75, 3.05) is 0 Å². The van der Waals surface area contributed by atoms with Crippen molar-refractivity contribution in [3.63, 3.8) is 0 Å². The predicted molar refractivity (Wildman–Crippen MR) is 50.0 cm³/mol. The summed E-state index contributed by atoms with van der Waals surface area (Å²) < 4.78 is 25.5. The van der Waals surface area contributed by atoms with Gasteiger partial charge in [0, 0.05) is 5.02 Å². The van der Waals surface area contributed by atoms with Gasteiger partial charge in [-0.15, -0.1) is 0 Å². The summed E-state index contributed by atoms with van der Waals surface area (Å²) in [6, 6.07) is 0.918. The van der Waals surface area contributed by atoms with Gasteiger partial charge in [-0.1, -0.05) is 11.6 Å². The van der Waals surface area contributed by atoms with E-state index in [0.717, 1.165) is 12.1 Å². The number of benzene rings is 1. The monoisotopic (exact) mass is 221 g/mol. The molecule has 0 fully saturated rings. The second-order valence-electron chi connectivity index (χ2n) is 3.05. The average Bonchev–Trinajstić information content (AvgIpc) is 2.10. The summed E-state index contributed by atoms with van der Waals surface area (Å²) in [6.45, 7) is 1.45. The molecule has 0 unspecified atom stereocenters. The highest BCUT2D eigenvalue weighted by molar-refractivity contribution is 6.31. The van der Waals surface area contributed by atoms with Crippen LogP contribution in [0.1, 0.15) is 18.5 Å². The summed E-state index contributed by atoms with van der Waals surface area (Å²) >= 11 is 5.64. The standard InChI is InChI=1S/C9H10ClF2NO/c1-4(14)9(13)5-2-7(11)8(12)3-6(5)10/h2-4,9,14H,13H2,1H3/t4-,9+/m0/s1. The van der Waals surface area contributed by atoms with E-state index in [2.05, 4.69) is 0 Å². The second-order valence-corrected chi connectivity index (χ2v) is 3.46. The summed E-state index contributed by atoms with van der Waals surface area (Å²) in [5.41, 5.74) is 5.73. The highest BCUT2D eigenvalue weighted by Gasteiger charge is 2.17. The van der Waals surface area contributed by atoms with Crippen molar-refractivity contribution in [3.8, 4) is 0 Å². The van der Waals surface area contributed by atoms with Crippen molar-refractivity contribution in [1.29, 1.82) is 0 Å². The summed E-state index contributed by atoms with van der Waals surface area (Å²) in [4.78, 5) is 0. The van der Waals surface area contributed by atoms with Crippen molar-refractivity contribution in [3.05, 3.63) is 34.4 Å². The normalized spacial score (nSPS) is 15.3. The molecule has 0 spiro atoms. The molecule has 2 nitrogen and oxygen atoms in total. The van der Waals surface area contributed by atoms with Crippen LogP contribution in [0.4, 0.5) is 8.78 Å². The zero-order chi connectivity index (χ0) is 10.9. The van der Waals surface area contributed by atoms with Crippen molar-refractivity contribution >= 4 is 11.6 Å². The van der Waals surface area contributed by atoms with Gasteiger partial charge in [-0.05, 0) is 24.6 Å². The van der Waals surface area contributed by atoms with Crippen LogP contribution in [0.5, 0.6) is 0 Å². The number of halogens is 3. The molecule has 1 aromatic carbocycles. The number of nitrogens with two attached hydrogens (primary N) is 1. The lowest BCUT2D eigenvalue weighted by Gasteiger charge is -2.16. The molecule has 0 bridgehead atoms. The first-order valence-electron chi connectivity index (χ1n) is 4.01. The summed E-state index contributed by atoms with van der Waals surface area (Å²) in [5, 5.41) is 9.17. The molecule has 0 aliphatic carbocycles. The smallest absolute Gasteiger partial charge is 0.160 e. The Morgan fingerprint density at radius 1 is 1.36 bits per heavy atom. The zero-order valence-electron chi connectivity index (χ0n) is 7.47. The van der Waals surface area contributed by atoms with Gasteiger partial charge < -0.3 is 10.8 Å². The van der Waals surface area contributed by atoms with Crippen LogP contribution in [0.2, 0.25) is 5.02 Å². The van der Waals surface area contributed by atoms with Gasteiger partial charge in [-0.25, -0.2) is 8.78 Å². The van der Waals surface area contributed by atoms with E-state index < -0.39 is 23.8 Å². The van der Waals surface area contributed by atoms with Crippen LogP contribution in [0.25, 0.3) is 0 Å². The third kappa shape index (κ3) is 2.20. The number of rotatable bonds is 2. The lowest BCUT2D eigenvalue weighted by atomic mass is 10.0. The molecule has 0 heterocycles. The topological polar surface area (TPSA) is 46.2 Å². The number of hydrogen-bond donors (Lipinski definition) is 2. The van der Waals surface area contributed by atoms with E-state index in [1.165, 1.54) is 6.92 Å². The lowest BCUT2D eigenvalue weighted by Crippen LogP contribution is -2.23. The molecule has 0 aromatic heterocycles. The van der Waals surface area contributed by atoms with Crippen LogP contribution in [0.15, 0.2) is 12.1 Å². The molecule has 78 valence electrons. The maximum atomic E-state index is 12.8. The van der Waals surface area contributed by atoms with Crippen LogP contribution >= 0.6 is 11.6 Å². The van der Waals surface area contributed by atoms with Gasteiger partial charge >= 0.3 is 0 Å². The van der Waals surface area contributed by atoms with E-state index >= 15 is 0 Å². The fourth-order valence-electron chi connectivity index (χ4n) is 1.05. The minimum Gasteiger partial charge on any atom is -0.391 e. The Morgan fingerprint density at radius 3 is 2.36 bits per heavy atom.